The summed E-state index contributed by atoms with van der Waals surface area (Å²) in [5, 5.41) is 14.6. The monoisotopic (exact) mass is 326 g/mol. The van der Waals surface area contributed by atoms with E-state index in [2.05, 4.69) is 28.9 Å². The molecule has 4 unspecified atom stereocenters. The Balaban J connectivity index is 1.61. The quantitative estimate of drug-likeness (QED) is 0.835. The molecule has 5 atom stereocenters. The molecule has 0 saturated carbocycles. The smallest absolute Gasteiger partial charge is 0.119 e. The highest BCUT2D eigenvalue weighted by Gasteiger charge is 2.42. The number of benzene rings is 1. The van der Waals surface area contributed by atoms with Crippen LogP contribution in [0.5, 0.6) is 5.75 Å². The highest BCUT2D eigenvalue weighted by Crippen LogP contribution is 2.42. The summed E-state index contributed by atoms with van der Waals surface area (Å²) in [4.78, 5) is 2.46. The lowest BCUT2D eigenvalue weighted by Gasteiger charge is -2.51. The van der Waals surface area contributed by atoms with Gasteiger partial charge < -0.3 is 15.2 Å². The minimum absolute atomic E-state index is 0.211. The van der Waals surface area contributed by atoms with Crippen LogP contribution in [0.3, 0.4) is 0 Å². The predicted octanol–water partition coefficient (Wildman–Crippen LogP) is 2.76. The van der Waals surface area contributed by atoms with E-state index in [0.717, 1.165) is 48.6 Å². The molecule has 0 radical (unpaired) electrons. The van der Waals surface area contributed by atoms with Crippen molar-refractivity contribution in [3.8, 4) is 5.75 Å². The molecule has 1 aromatic carbocycles. The highest BCUT2D eigenvalue weighted by atomic mass is 16.5. The van der Waals surface area contributed by atoms with Crippen molar-refractivity contribution in [3.05, 3.63) is 42.5 Å². The zero-order valence-corrected chi connectivity index (χ0v) is 14.2. The fraction of sp³-hybridized carbons (Fsp3) is 0.500. The van der Waals surface area contributed by atoms with E-state index in [-0.39, 0.29) is 6.04 Å². The predicted molar refractivity (Wildman–Crippen MR) is 97.2 cm³/mol. The first-order valence-corrected chi connectivity index (χ1v) is 8.88. The van der Waals surface area contributed by atoms with Gasteiger partial charge in [-0.05, 0) is 55.0 Å². The molecule has 128 valence electrons. The van der Waals surface area contributed by atoms with Gasteiger partial charge in [-0.25, -0.2) is 0 Å². The second kappa shape index (κ2) is 6.26. The van der Waals surface area contributed by atoms with Gasteiger partial charge in [0.2, 0.25) is 0 Å². The summed E-state index contributed by atoms with van der Waals surface area (Å²) in [5.41, 5.74) is 3.18. The molecule has 1 aromatic rings. The maximum absolute atomic E-state index is 11.2. The average molecular weight is 326 g/mol. The molecule has 0 aliphatic carbocycles. The molecule has 4 heteroatoms. The summed E-state index contributed by atoms with van der Waals surface area (Å²) in [6.07, 6.45) is 6.06. The van der Waals surface area contributed by atoms with Gasteiger partial charge in [-0.2, -0.15) is 0 Å². The van der Waals surface area contributed by atoms with Crippen LogP contribution in [0.4, 0.5) is 5.69 Å². The SMILES string of the molecule is C=CC1CN2CCC1CC2[C@H](O)C1=CCNc2ccc(OC)cc21. The standard InChI is InChI=1S/C20H26N2O2/c1-3-13-12-22-9-7-14(13)10-19(22)20(23)16-6-8-21-18-5-4-15(24-2)11-17(16)18/h3-6,11,13-14,19-21,23H,1,7-10,12H2,2H3/t13?,14?,19?,20-/m1/s1. The number of hydrogen-bond acceptors (Lipinski definition) is 4. The van der Waals surface area contributed by atoms with Gasteiger partial charge in [-0.1, -0.05) is 12.2 Å². The van der Waals surface area contributed by atoms with Crippen molar-refractivity contribution in [1.82, 2.24) is 4.90 Å². The number of ether oxygens (including phenoxy) is 1. The van der Waals surface area contributed by atoms with Crippen LogP contribution < -0.4 is 10.1 Å². The van der Waals surface area contributed by atoms with Crippen molar-refractivity contribution in [3.63, 3.8) is 0 Å². The Morgan fingerprint density at radius 1 is 1.46 bits per heavy atom. The number of piperidine rings is 3. The van der Waals surface area contributed by atoms with Crippen molar-refractivity contribution in [2.75, 3.05) is 32.1 Å². The summed E-state index contributed by atoms with van der Waals surface area (Å²) in [6.45, 7) is 6.87. The minimum Gasteiger partial charge on any atom is -0.497 e. The zero-order chi connectivity index (χ0) is 16.7. The molecule has 3 fully saturated rings. The van der Waals surface area contributed by atoms with Crippen molar-refractivity contribution in [2.45, 2.75) is 25.0 Å². The number of aliphatic hydroxyl groups is 1. The largest absolute Gasteiger partial charge is 0.497 e. The Kier molecular flexibility index (Phi) is 4.10. The molecule has 4 aliphatic rings. The molecule has 5 rings (SSSR count). The second-order valence-corrected chi connectivity index (χ2v) is 7.14. The molecule has 0 spiro atoms. The summed E-state index contributed by atoms with van der Waals surface area (Å²) < 4.78 is 5.37. The molecule has 4 aliphatic heterocycles. The number of fused-ring (bicyclic) bond motifs is 4. The van der Waals surface area contributed by atoms with Gasteiger partial charge in [0.1, 0.15) is 5.75 Å². The Morgan fingerprint density at radius 3 is 3.04 bits per heavy atom. The van der Waals surface area contributed by atoms with E-state index in [1.54, 1.807) is 7.11 Å². The van der Waals surface area contributed by atoms with E-state index >= 15 is 0 Å². The number of anilines is 1. The van der Waals surface area contributed by atoms with Crippen LogP contribution in [0.25, 0.3) is 5.57 Å². The van der Waals surface area contributed by atoms with E-state index < -0.39 is 6.10 Å². The molecule has 2 N–H and O–H groups in total. The molecular weight excluding hydrogens is 300 g/mol. The first-order valence-electron chi connectivity index (χ1n) is 8.88. The molecule has 2 bridgehead atoms. The van der Waals surface area contributed by atoms with Crippen LogP contribution in [-0.4, -0.2) is 48.9 Å². The first kappa shape index (κ1) is 15.7. The Labute approximate surface area is 143 Å². The van der Waals surface area contributed by atoms with Crippen molar-refractivity contribution in [1.29, 1.82) is 0 Å². The molecular formula is C20H26N2O2. The van der Waals surface area contributed by atoms with Gasteiger partial charge in [-0.3, -0.25) is 4.90 Å². The van der Waals surface area contributed by atoms with Crippen molar-refractivity contribution < 1.29 is 9.84 Å². The normalized spacial score (nSPS) is 32.3. The number of hydrogen-bond donors (Lipinski definition) is 2. The van der Waals surface area contributed by atoms with Crippen molar-refractivity contribution >= 4 is 11.3 Å². The van der Waals surface area contributed by atoms with Crippen LogP contribution in [0.15, 0.2) is 36.9 Å². The third kappa shape index (κ3) is 2.54. The lowest BCUT2D eigenvalue weighted by atomic mass is 9.73. The van der Waals surface area contributed by atoms with E-state index in [1.165, 1.54) is 6.42 Å². The van der Waals surface area contributed by atoms with Crippen LogP contribution >= 0.6 is 0 Å². The second-order valence-electron chi connectivity index (χ2n) is 7.14. The van der Waals surface area contributed by atoms with Crippen molar-refractivity contribution in [2.24, 2.45) is 11.8 Å². The summed E-state index contributed by atoms with van der Waals surface area (Å²) >= 11 is 0. The minimum atomic E-state index is -0.452. The first-order chi connectivity index (χ1) is 11.7. The molecule has 0 aromatic heterocycles. The maximum Gasteiger partial charge on any atom is 0.119 e. The topological polar surface area (TPSA) is 44.7 Å². The van der Waals surface area contributed by atoms with Crippen LogP contribution in [0.2, 0.25) is 0 Å². The fourth-order valence-corrected chi connectivity index (χ4v) is 4.62. The average Bonchev–Trinajstić information content (AvgIpc) is 2.66. The Hall–Kier alpha value is -1.78. The van der Waals surface area contributed by atoms with E-state index in [0.29, 0.717) is 11.8 Å². The maximum atomic E-state index is 11.2. The number of nitrogens with zero attached hydrogens (tertiary/aromatic N) is 1. The Bertz CT molecular complexity index is 670. The third-order valence-electron chi connectivity index (χ3n) is 5.99. The van der Waals surface area contributed by atoms with Gasteiger partial charge in [0.05, 0.1) is 13.2 Å². The number of rotatable bonds is 4. The molecule has 4 nitrogen and oxygen atoms in total. The van der Waals surface area contributed by atoms with E-state index in [4.69, 9.17) is 4.74 Å². The van der Waals surface area contributed by atoms with Gasteiger partial charge in [0, 0.05) is 30.4 Å². The van der Waals surface area contributed by atoms with Gasteiger partial charge >= 0.3 is 0 Å². The summed E-state index contributed by atoms with van der Waals surface area (Å²) in [6, 6.07) is 6.24. The molecule has 0 amide bonds. The van der Waals surface area contributed by atoms with Gasteiger partial charge in [0.15, 0.2) is 0 Å². The van der Waals surface area contributed by atoms with E-state index in [9.17, 15) is 5.11 Å². The fourth-order valence-electron chi connectivity index (χ4n) is 4.62. The highest BCUT2D eigenvalue weighted by molar-refractivity contribution is 5.82. The number of nitrogens with one attached hydrogen (secondary N) is 1. The lowest BCUT2D eigenvalue weighted by Crippen LogP contribution is -2.57. The van der Waals surface area contributed by atoms with Crippen LogP contribution in [-0.2, 0) is 0 Å². The van der Waals surface area contributed by atoms with Gasteiger partial charge in [-0.15, -0.1) is 6.58 Å². The summed E-state index contributed by atoms with van der Waals surface area (Å²) in [5.74, 6) is 2.07. The van der Waals surface area contributed by atoms with Gasteiger partial charge in [0.25, 0.3) is 0 Å². The molecule has 4 heterocycles. The third-order valence-corrected chi connectivity index (χ3v) is 5.99. The Morgan fingerprint density at radius 2 is 2.33 bits per heavy atom. The molecule has 3 saturated heterocycles. The van der Waals surface area contributed by atoms with Crippen LogP contribution in [0.1, 0.15) is 18.4 Å². The lowest BCUT2D eigenvalue weighted by molar-refractivity contribution is -0.0254. The van der Waals surface area contributed by atoms with Crippen LogP contribution in [0, 0.1) is 11.8 Å². The van der Waals surface area contributed by atoms with E-state index in [1.807, 2.05) is 18.2 Å². The zero-order valence-electron chi connectivity index (χ0n) is 14.2. The molecule has 24 heavy (non-hydrogen) atoms. The number of methoxy groups -OCH3 is 1. The number of aliphatic hydroxyl groups excluding tert-OH is 1. The summed E-state index contributed by atoms with van der Waals surface area (Å²) in [7, 11) is 1.68.